The summed E-state index contributed by atoms with van der Waals surface area (Å²) in [5, 5.41) is 16.8. The summed E-state index contributed by atoms with van der Waals surface area (Å²) in [6, 6.07) is 7.93. The van der Waals surface area contributed by atoms with Gasteiger partial charge in [-0.05, 0) is 74.8 Å². The molecule has 6 nitrogen and oxygen atoms in total. The van der Waals surface area contributed by atoms with Crippen molar-refractivity contribution in [2.75, 3.05) is 39.3 Å². The van der Waals surface area contributed by atoms with E-state index in [1.165, 1.54) is 0 Å². The molecule has 2 heterocycles. The maximum absolute atomic E-state index is 11.8. The third-order valence-electron chi connectivity index (χ3n) is 4.49. The molecule has 0 aromatic carbocycles. The van der Waals surface area contributed by atoms with Crippen molar-refractivity contribution in [2.24, 2.45) is 0 Å². The fourth-order valence-electron chi connectivity index (χ4n) is 2.90. The predicted octanol–water partition coefficient (Wildman–Crippen LogP) is 2.57. The van der Waals surface area contributed by atoms with Gasteiger partial charge >= 0.3 is 0 Å². The number of unbranched alkanes of at least 4 members (excludes halogenated alkanes) is 1. The SMILES string of the molecule is O=C(Cc1cccs1)NCCCNCCCCNCCCNC(=O)Cc1cccs1. The van der Waals surface area contributed by atoms with Gasteiger partial charge in [-0.15, -0.1) is 22.7 Å². The topological polar surface area (TPSA) is 82.3 Å². The molecule has 0 saturated heterocycles. The van der Waals surface area contributed by atoms with Gasteiger partial charge in [0, 0.05) is 22.8 Å². The second-order valence-corrected chi connectivity index (χ2v) is 9.19. The molecule has 0 atom stereocenters. The van der Waals surface area contributed by atoms with E-state index in [0.29, 0.717) is 12.8 Å². The van der Waals surface area contributed by atoms with E-state index in [1.54, 1.807) is 22.7 Å². The van der Waals surface area contributed by atoms with Crippen molar-refractivity contribution in [1.29, 1.82) is 0 Å². The Morgan fingerprint density at radius 3 is 1.47 bits per heavy atom. The highest BCUT2D eigenvalue weighted by atomic mass is 32.1. The Bertz CT molecular complexity index is 630. The molecule has 0 fully saturated rings. The number of hydrogen-bond donors (Lipinski definition) is 4. The Balaban J connectivity index is 1.27. The van der Waals surface area contributed by atoms with Gasteiger partial charge < -0.3 is 21.3 Å². The van der Waals surface area contributed by atoms with Gasteiger partial charge in [-0.25, -0.2) is 0 Å². The van der Waals surface area contributed by atoms with E-state index in [9.17, 15) is 9.59 Å². The lowest BCUT2D eigenvalue weighted by Gasteiger charge is -2.08. The van der Waals surface area contributed by atoms with Crippen molar-refractivity contribution >= 4 is 34.5 Å². The van der Waals surface area contributed by atoms with Crippen LogP contribution in [-0.4, -0.2) is 51.1 Å². The minimum Gasteiger partial charge on any atom is -0.356 e. The zero-order chi connectivity index (χ0) is 21.3. The van der Waals surface area contributed by atoms with Gasteiger partial charge in [0.05, 0.1) is 12.8 Å². The van der Waals surface area contributed by atoms with E-state index in [1.807, 2.05) is 35.0 Å². The lowest BCUT2D eigenvalue weighted by molar-refractivity contribution is -0.121. The number of carbonyl (C=O) groups excluding carboxylic acids is 2. The average Bonchev–Trinajstić information content (AvgIpc) is 3.42. The van der Waals surface area contributed by atoms with Gasteiger partial charge in [-0.2, -0.15) is 0 Å². The fraction of sp³-hybridized carbons (Fsp3) is 0.545. The first-order valence-electron chi connectivity index (χ1n) is 10.7. The molecule has 0 saturated carbocycles. The number of thiophene rings is 2. The molecular formula is C22H34N4O2S2. The molecule has 0 spiro atoms. The summed E-state index contributed by atoms with van der Waals surface area (Å²) in [6.07, 6.45) is 5.14. The molecule has 30 heavy (non-hydrogen) atoms. The highest BCUT2D eigenvalue weighted by Crippen LogP contribution is 2.09. The van der Waals surface area contributed by atoms with E-state index in [-0.39, 0.29) is 11.8 Å². The number of carbonyl (C=O) groups is 2. The van der Waals surface area contributed by atoms with E-state index in [0.717, 1.165) is 74.7 Å². The van der Waals surface area contributed by atoms with Crippen LogP contribution in [0.1, 0.15) is 35.4 Å². The van der Waals surface area contributed by atoms with Crippen LogP contribution in [0.25, 0.3) is 0 Å². The molecule has 0 aliphatic rings. The quantitative estimate of drug-likeness (QED) is 0.279. The van der Waals surface area contributed by atoms with Crippen LogP contribution in [0.2, 0.25) is 0 Å². The van der Waals surface area contributed by atoms with E-state index < -0.39 is 0 Å². The van der Waals surface area contributed by atoms with Gasteiger partial charge in [-0.3, -0.25) is 9.59 Å². The first-order chi connectivity index (χ1) is 14.7. The molecule has 0 unspecified atom stereocenters. The summed E-state index contributed by atoms with van der Waals surface area (Å²) in [5.41, 5.74) is 0. The Kier molecular flexibility index (Phi) is 13.1. The highest BCUT2D eigenvalue weighted by molar-refractivity contribution is 7.10. The van der Waals surface area contributed by atoms with Crippen molar-refractivity contribution in [3.8, 4) is 0 Å². The van der Waals surface area contributed by atoms with Crippen LogP contribution in [0.15, 0.2) is 35.0 Å². The highest BCUT2D eigenvalue weighted by Gasteiger charge is 2.03. The second-order valence-electron chi connectivity index (χ2n) is 7.13. The first kappa shape index (κ1) is 24.5. The van der Waals surface area contributed by atoms with E-state index in [2.05, 4.69) is 21.3 Å². The summed E-state index contributed by atoms with van der Waals surface area (Å²) >= 11 is 3.24. The molecule has 0 aliphatic heterocycles. The van der Waals surface area contributed by atoms with Crippen molar-refractivity contribution < 1.29 is 9.59 Å². The van der Waals surface area contributed by atoms with Crippen LogP contribution in [0.4, 0.5) is 0 Å². The smallest absolute Gasteiger partial charge is 0.225 e. The van der Waals surface area contributed by atoms with Crippen LogP contribution in [0, 0.1) is 0 Å². The van der Waals surface area contributed by atoms with Gasteiger partial charge in [0.2, 0.25) is 11.8 Å². The molecule has 2 aromatic rings. The second kappa shape index (κ2) is 16.0. The summed E-state index contributed by atoms with van der Waals surface area (Å²) in [6.45, 7) is 5.31. The zero-order valence-corrected chi connectivity index (χ0v) is 19.2. The third-order valence-corrected chi connectivity index (χ3v) is 6.24. The Morgan fingerprint density at radius 1 is 0.633 bits per heavy atom. The molecule has 2 amide bonds. The fourth-order valence-corrected chi connectivity index (χ4v) is 4.31. The minimum absolute atomic E-state index is 0.102. The van der Waals surface area contributed by atoms with E-state index in [4.69, 9.17) is 0 Å². The van der Waals surface area contributed by atoms with Crippen LogP contribution < -0.4 is 21.3 Å². The number of amides is 2. The van der Waals surface area contributed by atoms with Crippen molar-refractivity contribution in [1.82, 2.24) is 21.3 Å². The average molecular weight is 451 g/mol. The molecule has 0 radical (unpaired) electrons. The predicted molar refractivity (Wildman–Crippen MR) is 126 cm³/mol. The molecular weight excluding hydrogens is 416 g/mol. The third kappa shape index (κ3) is 12.1. The number of nitrogens with one attached hydrogen (secondary N) is 4. The molecule has 0 aliphatic carbocycles. The lowest BCUT2D eigenvalue weighted by Crippen LogP contribution is -2.29. The monoisotopic (exact) mass is 450 g/mol. The standard InChI is InChI=1S/C22H34N4O2S2/c27-21(17-19-7-3-15-29-19)25-13-5-11-23-9-1-2-10-24-12-6-14-26-22(28)18-20-8-4-16-30-20/h3-4,7-8,15-16,23-24H,1-2,5-6,9-14,17-18H2,(H,25,27)(H,26,28). The van der Waals surface area contributed by atoms with Crippen LogP contribution in [0.5, 0.6) is 0 Å². The van der Waals surface area contributed by atoms with Crippen molar-refractivity contribution in [3.63, 3.8) is 0 Å². The van der Waals surface area contributed by atoms with Gasteiger partial charge in [-0.1, -0.05) is 12.1 Å². The molecule has 2 rings (SSSR count). The molecule has 4 N–H and O–H groups in total. The van der Waals surface area contributed by atoms with Crippen molar-refractivity contribution in [2.45, 2.75) is 38.5 Å². The Morgan fingerprint density at radius 2 is 1.07 bits per heavy atom. The van der Waals surface area contributed by atoms with Gasteiger partial charge in [0.25, 0.3) is 0 Å². The van der Waals surface area contributed by atoms with Crippen LogP contribution in [0.3, 0.4) is 0 Å². The number of rotatable bonds is 17. The van der Waals surface area contributed by atoms with Crippen LogP contribution in [-0.2, 0) is 22.4 Å². The van der Waals surface area contributed by atoms with Crippen LogP contribution >= 0.6 is 22.7 Å². The molecule has 0 bridgehead atoms. The molecule has 8 heteroatoms. The summed E-state index contributed by atoms with van der Waals surface area (Å²) in [4.78, 5) is 25.7. The van der Waals surface area contributed by atoms with E-state index >= 15 is 0 Å². The largest absolute Gasteiger partial charge is 0.356 e. The Labute approximate surface area is 187 Å². The summed E-state index contributed by atoms with van der Waals surface area (Å²) < 4.78 is 0. The maximum Gasteiger partial charge on any atom is 0.225 e. The Hall–Kier alpha value is -1.74. The number of hydrogen-bond acceptors (Lipinski definition) is 6. The normalized spacial score (nSPS) is 10.8. The first-order valence-corrected chi connectivity index (χ1v) is 12.5. The molecule has 166 valence electrons. The zero-order valence-electron chi connectivity index (χ0n) is 17.6. The van der Waals surface area contributed by atoms with Gasteiger partial charge in [0.15, 0.2) is 0 Å². The summed E-state index contributed by atoms with van der Waals surface area (Å²) in [7, 11) is 0. The van der Waals surface area contributed by atoms with Gasteiger partial charge in [0.1, 0.15) is 0 Å². The molecule has 2 aromatic heterocycles. The lowest BCUT2D eigenvalue weighted by atomic mass is 10.3. The van der Waals surface area contributed by atoms with Crippen molar-refractivity contribution in [3.05, 3.63) is 44.8 Å². The summed E-state index contributed by atoms with van der Waals surface area (Å²) in [5.74, 6) is 0.205. The maximum atomic E-state index is 11.8. The minimum atomic E-state index is 0.102.